The summed E-state index contributed by atoms with van der Waals surface area (Å²) >= 11 is 0. The number of aryl methyl sites for hydroxylation is 1. The van der Waals surface area contributed by atoms with E-state index in [0.29, 0.717) is 6.04 Å². The maximum Gasteiger partial charge on any atom is 0.122 e. The van der Waals surface area contributed by atoms with Gasteiger partial charge in [0.15, 0.2) is 0 Å². The van der Waals surface area contributed by atoms with Crippen molar-refractivity contribution in [3.63, 3.8) is 0 Å². The molecule has 0 aromatic heterocycles. The van der Waals surface area contributed by atoms with E-state index in [-0.39, 0.29) is 5.41 Å². The van der Waals surface area contributed by atoms with Crippen LogP contribution in [-0.4, -0.2) is 19.2 Å². The van der Waals surface area contributed by atoms with E-state index < -0.39 is 0 Å². The van der Waals surface area contributed by atoms with E-state index in [1.54, 1.807) is 0 Å². The third-order valence-corrected chi connectivity index (χ3v) is 3.51. The molecule has 0 aliphatic rings. The minimum absolute atomic E-state index is 0.196. The fraction of sp³-hybridized carbons (Fsp3) is 0.647. The molecule has 0 aliphatic carbocycles. The quantitative estimate of drug-likeness (QED) is 0.782. The topological polar surface area (TPSA) is 21.3 Å². The van der Waals surface area contributed by atoms with Gasteiger partial charge in [0.1, 0.15) is 12.4 Å². The van der Waals surface area contributed by atoms with Crippen LogP contribution < -0.4 is 10.1 Å². The van der Waals surface area contributed by atoms with Gasteiger partial charge in [-0.15, -0.1) is 0 Å². The van der Waals surface area contributed by atoms with Crippen molar-refractivity contribution in [2.75, 3.05) is 13.2 Å². The van der Waals surface area contributed by atoms with E-state index in [4.69, 9.17) is 4.74 Å². The van der Waals surface area contributed by atoms with Crippen LogP contribution in [0.4, 0.5) is 0 Å². The highest BCUT2D eigenvalue weighted by molar-refractivity contribution is 5.38. The van der Waals surface area contributed by atoms with E-state index in [1.165, 1.54) is 11.1 Å². The average molecular weight is 263 g/mol. The normalized spacial score (nSPS) is 13.4. The Morgan fingerprint density at radius 2 is 1.95 bits per heavy atom. The summed E-state index contributed by atoms with van der Waals surface area (Å²) in [5, 5.41) is 3.43. The Balaban J connectivity index is 2.52. The molecule has 2 nitrogen and oxygen atoms in total. The Hall–Kier alpha value is -1.02. The van der Waals surface area contributed by atoms with Crippen LogP contribution in [0.5, 0.6) is 5.75 Å². The van der Waals surface area contributed by atoms with E-state index in [0.717, 1.165) is 25.3 Å². The van der Waals surface area contributed by atoms with Crippen molar-refractivity contribution in [2.45, 2.75) is 59.4 Å². The highest BCUT2D eigenvalue weighted by Crippen LogP contribution is 2.27. The molecule has 1 aromatic rings. The zero-order valence-electron chi connectivity index (χ0n) is 13.3. The van der Waals surface area contributed by atoms with Crippen LogP contribution in [0.2, 0.25) is 0 Å². The standard InChI is InChI=1S/C17H29NO/c1-7-14(3)18-10-11-19-16-9-8-15(12-13(16)2)17(4,5)6/h8-9,12,14,18H,7,10-11H2,1-6H3. The molecule has 1 unspecified atom stereocenters. The lowest BCUT2D eigenvalue weighted by molar-refractivity contribution is 0.304. The molecule has 1 atom stereocenters. The van der Waals surface area contributed by atoms with Crippen molar-refractivity contribution in [3.05, 3.63) is 29.3 Å². The Morgan fingerprint density at radius 3 is 2.47 bits per heavy atom. The first-order valence-corrected chi connectivity index (χ1v) is 7.32. The largest absolute Gasteiger partial charge is 0.492 e. The van der Waals surface area contributed by atoms with Gasteiger partial charge in [-0.05, 0) is 42.9 Å². The molecule has 0 bridgehead atoms. The molecule has 1 rings (SSSR count). The molecule has 0 aliphatic heterocycles. The molecular formula is C17H29NO. The maximum absolute atomic E-state index is 5.84. The summed E-state index contributed by atoms with van der Waals surface area (Å²) in [5.74, 6) is 0.999. The summed E-state index contributed by atoms with van der Waals surface area (Å²) in [7, 11) is 0. The first-order valence-electron chi connectivity index (χ1n) is 7.32. The zero-order valence-corrected chi connectivity index (χ0v) is 13.3. The van der Waals surface area contributed by atoms with Crippen molar-refractivity contribution in [1.82, 2.24) is 5.32 Å². The van der Waals surface area contributed by atoms with Crippen LogP contribution in [0.25, 0.3) is 0 Å². The van der Waals surface area contributed by atoms with Gasteiger partial charge in [0.05, 0.1) is 0 Å². The van der Waals surface area contributed by atoms with Crippen LogP contribution in [-0.2, 0) is 5.41 Å². The smallest absolute Gasteiger partial charge is 0.122 e. The van der Waals surface area contributed by atoms with Crippen LogP contribution >= 0.6 is 0 Å². The van der Waals surface area contributed by atoms with Crippen molar-refractivity contribution < 1.29 is 4.74 Å². The van der Waals surface area contributed by atoms with Crippen molar-refractivity contribution in [1.29, 1.82) is 0 Å². The van der Waals surface area contributed by atoms with Gasteiger partial charge in [0, 0.05) is 12.6 Å². The van der Waals surface area contributed by atoms with Gasteiger partial charge in [-0.1, -0.05) is 39.8 Å². The minimum atomic E-state index is 0.196. The Morgan fingerprint density at radius 1 is 1.26 bits per heavy atom. The molecule has 19 heavy (non-hydrogen) atoms. The molecule has 0 saturated carbocycles. The Kier molecular flexibility index (Phi) is 5.86. The molecule has 108 valence electrons. The highest BCUT2D eigenvalue weighted by Gasteiger charge is 2.14. The molecular weight excluding hydrogens is 234 g/mol. The second-order valence-corrected chi connectivity index (χ2v) is 6.34. The van der Waals surface area contributed by atoms with Crippen molar-refractivity contribution >= 4 is 0 Å². The molecule has 0 saturated heterocycles. The number of benzene rings is 1. The highest BCUT2D eigenvalue weighted by atomic mass is 16.5. The molecule has 0 radical (unpaired) electrons. The summed E-state index contributed by atoms with van der Waals surface area (Å²) < 4.78 is 5.84. The molecule has 1 aromatic carbocycles. The first-order chi connectivity index (χ1) is 8.84. The van der Waals surface area contributed by atoms with Crippen LogP contribution in [0.15, 0.2) is 18.2 Å². The predicted octanol–water partition coefficient (Wildman–Crippen LogP) is 4.06. The lowest BCUT2D eigenvalue weighted by Crippen LogP contribution is -2.29. The number of ether oxygens (including phenoxy) is 1. The van der Waals surface area contributed by atoms with E-state index in [1.807, 2.05) is 0 Å². The Bertz CT molecular complexity index is 393. The van der Waals surface area contributed by atoms with Gasteiger partial charge in [-0.2, -0.15) is 0 Å². The number of rotatable bonds is 6. The molecule has 0 heterocycles. The van der Waals surface area contributed by atoms with E-state index in [2.05, 4.69) is 65.1 Å². The van der Waals surface area contributed by atoms with E-state index in [9.17, 15) is 0 Å². The Labute approximate surface area is 118 Å². The third kappa shape index (κ3) is 5.23. The molecule has 1 N–H and O–H groups in total. The van der Waals surface area contributed by atoms with Crippen LogP contribution in [0, 0.1) is 6.92 Å². The fourth-order valence-corrected chi connectivity index (χ4v) is 1.89. The second kappa shape index (κ2) is 6.95. The SMILES string of the molecule is CCC(C)NCCOc1ccc(C(C)(C)C)cc1C. The lowest BCUT2D eigenvalue weighted by atomic mass is 9.86. The summed E-state index contributed by atoms with van der Waals surface area (Å²) in [6.07, 6.45) is 1.15. The third-order valence-electron chi connectivity index (χ3n) is 3.51. The number of hydrogen-bond donors (Lipinski definition) is 1. The van der Waals surface area contributed by atoms with Crippen LogP contribution in [0.1, 0.15) is 52.2 Å². The fourth-order valence-electron chi connectivity index (χ4n) is 1.89. The van der Waals surface area contributed by atoms with Crippen LogP contribution in [0.3, 0.4) is 0 Å². The van der Waals surface area contributed by atoms with Gasteiger partial charge >= 0.3 is 0 Å². The van der Waals surface area contributed by atoms with Gasteiger partial charge in [-0.3, -0.25) is 0 Å². The maximum atomic E-state index is 5.84. The lowest BCUT2D eigenvalue weighted by Gasteiger charge is -2.21. The van der Waals surface area contributed by atoms with Gasteiger partial charge in [0.25, 0.3) is 0 Å². The summed E-state index contributed by atoms with van der Waals surface area (Å²) in [4.78, 5) is 0. The summed E-state index contributed by atoms with van der Waals surface area (Å²) in [6, 6.07) is 7.06. The first kappa shape index (κ1) is 16.0. The van der Waals surface area contributed by atoms with E-state index >= 15 is 0 Å². The number of nitrogens with one attached hydrogen (secondary N) is 1. The average Bonchev–Trinajstić information content (AvgIpc) is 2.34. The zero-order chi connectivity index (χ0) is 14.5. The van der Waals surface area contributed by atoms with Gasteiger partial charge in [0.2, 0.25) is 0 Å². The predicted molar refractivity (Wildman–Crippen MR) is 83.1 cm³/mol. The monoisotopic (exact) mass is 263 g/mol. The molecule has 0 amide bonds. The minimum Gasteiger partial charge on any atom is -0.492 e. The molecule has 2 heteroatoms. The number of hydrogen-bond acceptors (Lipinski definition) is 2. The molecule has 0 spiro atoms. The molecule has 0 fully saturated rings. The van der Waals surface area contributed by atoms with Crippen molar-refractivity contribution in [3.8, 4) is 5.75 Å². The van der Waals surface area contributed by atoms with Gasteiger partial charge in [-0.25, -0.2) is 0 Å². The second-order valence-electron chi connectivity index (χ2n) is 6.34. The summed E-state index contributed by atoms with van der Waals surface area (Å²) in [6.45, 7) is 14.8. The summed E-state index contributed by atoms with van der Waals surface area (Å²) in [5.41, 5.74) is 2.77. The van der Waals surface area contributed by atoms with Gasteiger partial charge < -0.3 is 10.1 Å². The van der Waals surface area contributed by atoms with Crippen molar-refractivity contribution in [2.24, 2.45) is 0 Å².